The summed E-state index contributed by atoms with van der Waals surface area (Å²) in [5.74, 6) is -0.470. The molecule has 1 aromatic carbocycles. The van der Waals surface area contributed by atoms with Gasteiger partial charge in [-0.25, -0.2) is 18.2 Å². The van der Waals surface area contributed by atoms with Crippen LogP contribution in [0.15, 0.2) is 14.7 Å². The summed E-state index contributed by atoms with van der Waals surface area (Å²) in [6.45, 7) is 11.3. The lowest BCUT2D eigenvalue weighted by Crippen LogP contribution is -2.16. The van der Waals surface area contributed by atoms with Gasteiger partial charge in [0, 0.05) is 9.79 Å². The molecule has 1 aromatic rings. The number of rotatable bonds is 10. The molecule has 0 aliphatic carbocycles. The summed E-state index contributed by atoms with van der Waals surface area (Å²) in [5.41, 5.74) is 1.68. The van der Waals surface area contributed by atoms with Gasteiger partial charge in [0.05, 0.1) is 43.2 Å². The fraction of sp³-hybridized carbons (Fsp3) is 0.647. The SMILES string of the molecule is COOSc1c(C(C)C)c(SOOC)c(C(C)C)c(S(=O)(=O)[O-])c1C(C)C. The van der Waals surface area contributed by atoms with Gasteiger partial charge in [-0.15, -0.1) is 0 Å². The third-order valence-electron chi connectivity index (χ3n) is 3.82. The highest BCUT2D eigenvalue weighted by Gasteiger charge is 2.32. The second-order valence-corrected chi connectivity index (χ2v) is 9.52. The van der Waals surface area contributed by atoms with E-state index in [1.807, 2.05) is 41.5 Å². The highest BCUT2D eigenvalue weighted by molar-refractivity contribution is 7.95. The molecule has 156 valence electrons. The Bertz CT molecular complexity index is 702. The normalized spacial score (nSPS) is 12.6. The molecule has 0 fully saturated rings. The lowest BCUT2D eigenvalue weighted by atomic mass is 9.89. The van der Waals surface area contributed by atoms with Gasteiger partial charge < -0.3 is 4.55 Å². The van der Waals surface area contributed by atoms with Gasteiger partial charge in [-0.2, -0.15) is 8.67 Å². The topological polar surface area (TPSA) is 94.1 Å². The molecule has 0 amide bonds. The second kappa shape index (κ2) is 10.4. The molecule has 0 atom stereocenters. The minimum Gasteiger partial charge on any atom is -0.744 e. The number of hydrogen-bond acceptors (Lipinski definition) is 9. The molecule has 0 spiro atoms. The van der Waals surface area contributed by atoms with Gasteiger partial charge in [-0.05, 0) is 34.4 Å². The van der Waals surface area contributed by atoms with Gasteiger partial charge in [0.2, 0.25) is 0 Å². The van der Waals surface area contributed by atoms with E-state index < -0.39 is 10.1 Å². The van der Waals surface area contributed by atoms with Crippen molar-refractivity contribution in [2.75, 3.05) is 14.2 Å². The molecule has 0 radical (unpaired) electrons. The van der Waals surface area contributed by atoms with Crippen LogP contribution in [-0.2, 0) is 28.6 Å². The Morgan fingerprint density at radius 3 is 1.30 bits per heavy atom. The van der Waals surface area contributed by atoms with Crippen molar-refractivity contribution in [3.8, 4) is 0 Å². The van der Waals surface area contributed by atoms with Crippen LogP contribution in [0.1, 0.15) is 76.0 Å². The van der Waals surface area contributed by atoms with E-state index in [1.165, 1.54) is 14.2 Å². The quantitative estimate of drug-likeness (QED) is 0.213. The van der Waals surface area contributed by atoms with Gasteiger partial charge in [0.15, 0.2) is 0 Å². The van der Waals surface area contributed by atoms with Gasteiger partial charge in [-0.3, -0.25) is 0 Å². The number of hydrogen-bond donors (Lipinski definition) is 0. The average molecular weight is 440 g/mol. The standard InChI is InChI=1S/C17H28O7S3/c1-9(2)12-15(25-23-21-7)13(10(3)4)17(27(18,19)20)14(11(5)6)16(12)26-24-22-8/h9-11H,1-8H3,(H,18,19,20)/p-1. The zero-order chi connectivity index (χ0) is 20.9. The Labute approximate surface area is 170 Å². The molecule has 0 unspecified atom stereocenters. The molecule has 0 saturated heterocycles. The van der Waals surface area contributed by atoms with Gasteiger partial charge in [-0.1, -0.05) is 41.5 Å². The monoisotopic (exact) mass is 439 g/mol. The van der Waals surface area contributed by atoms with Crippen LogP contribution in [0.25, 0.3) is 0 Å². The predicted molar refractivity (Wildman–Crippen MR) is 105 cm³/mol. The zero-order valence-electron chi connectivity index (χ0n) is 16.8. The molecule has 0 saturated carbocycles. The molecule has 10 heteroatoms. The fourth-order valence-electron chi connectivity index (χ4n) is 2.90. The Hall–Kier alpha value is -0.330. The molecule has 0 N–H and O–H groups in total. The highest BCUT2D eigenvalue weighted by Crippen LogP contribution is 2.49. The summed E-state index contributed by atoms with van der Waals surface area (Å²) >= 11 is 1.79. The first kappa shape index (κ1) is 24.7. The van der Waals surface area contributed by atoms with Gasteiger partial charge in [0.1, 0.15) is 10.1 Å². The van der Waals surface area contributed by atoms with E-state index in [0.29, 0.717) is 20.9 Å². The number of benzene rings is 1. The summed E-state index contributed by atoms with van der Waals surface area (Å²) in [6.07, 6.45) is 0. The first-order valence-electron chi connectivity index (χ1n) is 8.43. The molecule has 7 nitrogen and oxygen atoms in total. The maximum Gasteiger partial charge on any atom is 0.125 e. The van der Waals surface area contributed by atoms with Gasteiger partial charge in [0.25, 0.3) is 0 Å². The van der Waals surface area contributed by atoms with E-state index in [2.05, 4.69) is 0 Å². The van der Waals surface area contributed by atoms with Crippen molar-refractivity contribution >= 4 is 34.2 Å². The predicted octanol–water partition coefficient (Wildman–Crippen LogP) is 5.13. The Kier molecular flexibility index (Phi) is 9.56. The second-order valence-electron chi connectivity index (χ2n) is 6.78. The summed E-state index contributed by atoms with van der Waals surface area (Å²) in [4.78, 5) is 10.3. The average Bonchev–Trinajstić information content (AvgIpc) is 2.54. The third-order valence-corrected chi connectivity index (χ3v) is 6.38. The smallest absolute Gasteiger partial charge is 0.125 e. The van der Waals surface area contributed by atoms with Crippen LogP contribution < -0.4 is 0 Å². The maximum atomic E-state index is 12.3. The third kappa shape index (κ3) is 5.83. The van der Waals surface area contributed by atoms with Crippen molar-refractivity contribution in [2.45, 2.75) is 74.0 Å². The molecule has 0 bridgehead atoms. The first-order valence-corrected chi connectivity index (χ1v) is 11.3. The lowest BCUT2D eigenvalue weighted by molar-refractivity contribution is -0.160. The van der Waals surface area contributed by atoms with Crippen molar-refractivity contribution < 1.29 is 31.4 Å². The molecule has 27 heavy (non-hydrogen) atoms. The first-order chi connectivity index (χ1) is 12.5. The Morgan fingerprint density at radius 2 is 1.07 bits per heavy atom. The Balaban J connectivity index is 4.16. The molecule has 0 aliphatic rings. The van der Waals surface area contributed by atoms with E-state index >= 15 is 0 Å². The summed E-state index contributed by atoms with van der Waals surface area (Å²) in [6, 6.07) is 0. The van der Waals surface area contributed by atoms with E-state index in [-0.39, 0.29) is 22.6 Å². The summed E-state index contributed by atoms with van der Waals surface area (Å²) in [7, 11) is -2.05. The molecular weight excluding hydrogens is 412 g/mol. The van der Waals surface area contributed by atoms with Crippen LogP contribution >= 0.6 is 24.1 Å². The molecule has 0 aliphatic heterocycles. The van der Waals surface area contributed by atoms with E-state index in [4.69, 9.17) is 18.4 Å². The molecule has 0 heterocycles. The fourth-order valence-corrected chi connectivity index (χ4v) is 6.29. The van der Waals surface area contributed by atoms with Crippen molar-refractivity contribution in [3.05, 3.63) is 16.7 Å². The van der Waals surface area contributed by atoms with Gasteiger partial charge >= 0.3 is 0 Å². The van der Waals surface area contributed by atoms with Crippen LogP contribution in [0.3, 0.4) is 0 Å². The van der Waals surface area contributed by atoms with Crippen LogP contribution in [0.2, 0.25) is 0 Å². The van der Waals surface area contributed by atoms with E-state index in [1.54, 1.807) is 0 Å². The van der Waals surface area contributed by atoms with Crippen LogP contribution in [-0.4, -0.2) is 27.2 Å². The highest BCUT2D eigenvalue weighted by atomic mass is 32.2. The summed E-state index contributed by atoms with van der Waals surface area (Å²) < 4.78 is 47.0. The molecule has 1 rings (SSSR count). The van der Waals surface area contributed by atoms with Crippen LogP contribution in [0, 0.1) is 0 Å². The van der Waals surface area contributed by atoms with E-state index in [0.717, 1.165) is 29.6 Å². The minimum absolute atomic E-state index is 0.00526. The molecular formula is C17H27O7S3-. The van der Waals surface area contributed by atoms with Crippen molar-refractivity contribution in [2.24, 2.45) is 0 Å². The van der Waals surface area contributed by atoms with Crippen LogP contribution in [0.4, 0.5) is 0 Å². The van der Waals surface area contributed by atoms with Crippen molar-refractivity contribution in [1.82, 2.24) is 0 Å². The van der Waals surface area contributed by atoms with Crippen molar-refractivity contribution in [1.29, 1.82) is 0 Å². The van der Waals surface area contributed by atoms with E-state index in [9.17, 15) is 13.0 Å². The largest absolute Gasteiger partial charge is 0.744 e. The Morgan fingerprint density at radius 1 is 0.741 bits per heavy atom. The zero-order valence-corrected chi connectivity index (χ0v) is 19.3. The minimum atomic E-state index is -4.76. The maximum absolute atomic E-state index is 12.3. The van der Waals surface area contributed by atoms with Crippen LogP contribution in [0.5, 0.6) is 0 Å². The summed E-state index contributed by atoms with van der Waals surface area (Å²) in [5, 5.41) is 0. The lowest BCUT2D eigenvalue weighted by Gasteiger charge is -2.30. The molecule has 0 aromatic heterocycles. The van der Waals surface area contributed by atoms with Crippen molar-refractivity contribution in [3.63, 3.8) is 0 Å².